The largest absolute Gasteiger partial charge is 0.390 e. The fourth-order valence-electron chi connectivity index (χ4n) is 3.46. The molecule has 36 heavy (non-hydrogen) atoms. The van der Waals surface area contributed by atoms with E-state index in [1.807, 2.05) is 6.92 Å². The highest BCUT2D eigenvalue weighted by Gasteiger charge is 2.30. The summed E-state index contributed by atoms with van der Waals surface area (Å²) in [5.41, 5.74) is 0.209. The number of carbonyl (C=O) groups excluding carboxylic acids is 2. The van der Waals surface area contributed by atoms with Crippen LogP contribution >= 0.6 is 12.4 Å². The highest BCUT2D eigenvalue weighted by atomic mass is 35.5. The summed E-state index contributed by atoms with van der Waals surface area (Å²) in [4.78, 5) is 24.7. The molecule has 3 atom stereocenters. The summed E-state index contributed by atoms with van der Waals surface area (Å²) in [6, 6.07) is 0.546. The summed E-state index contributed by atoms with van der Waals surface area (Å²) >= 11 is 0. The van der Waals surface area contributed by atoms with Crippen LogP contribution in [0.1, 0.15) is 52.5 Å². The first kappa shape index (κ1) is 34.2. The summed E-state index contributed by atoms with van der Waals surface area (Å²) in [5.74, 6) is -3.26. The first-order valence-electron chi connectivity index (χ1n) is 11.9. The Hall–Kier alpha value is -1.82. The monoisotopic (exact) mass is 555 g/mol. The number of halogens is 3. The summed E-state index contributed by atoms with van der Waals surface area (Å²) in [6.45, 7) is 7.82. The lowest BCUT2D eigenvalue weighted by atomic mass is 10.00. The van der Waals surface area contributed by atoms with Crippen LogP contribution < -0.4 is 16.0 Å². The van der Waals surface area contributed by atoms with Crippen molar-refractivity contribution in [3.63, 3.8) is 0 Å². The van der Waals surface area contributed by atoms with Crippen molar-refractivity contribution in [3.05, 3.63) is 35.4 Å². The number of benzene rings is 1. The highest BCUT2D eigenvalue weighted by Crippen LogP contribution is 2.13. The lowest BCUT2D eigenvalue weighted by Gasteiger charge is -2.27. The van der Waals surface area contributed by atoms with Gasteiger partial charge in [-0.3, -0.25) is 9.59 Å². The van der Waals surface area contributed by atoms with Crippen molar-refractivity contribution in [2.24, 2.45) is 5.92 Å². The van der Waals surface area contributed by atoms with Gasteiger partial charge in [0.05, 0.1) is 23.7 Å². The minimum Gasteiger partial charge on any atom is -0.390 e. The van der Waals surface area contributed by atoms with Gasteiger partial charge in [-0.25, -0.2) is 17.2 Å². The zero-order chi connectivity index (χ0) is 26.6. The van der Waals surface area contributed by atoms with E-state index in [2.05, 4.69) is 29.8 Å². The van der Waals surface area contributed by atoms with Gasteiger partial charge < -0.3 is 21.1 Å². The molecular weight excluding hydrogens is 516 g/mol. The number of amides is 2. The SMILES string of the molecule is CCCCS(=O)(=O)C[C@@H](NC(C)=O)C(=O)N[C@@H](Cc1cc(F)cc(F)c1)[C@H](O)CNCCC(C)C.Cl. The van der Waals surface area contributed by atoms with Crippen LogP contribution in [0.4, 0.5) is 8.78 Å². The third-order valence-electron chi connectivity index (χ3n) is 5.35. The Morgan fingerprint density at radius 3 is 2.22 bits per heavy atom. The average Bonchev–Trinajstić information content (AvgIpc) is 2.72. The van der Waals surface area contributed by atoms with Gasteiger partial charge in [0.25, 0.3) is 0 Å². The lowest BCUT2D eigenvalue weighted by molar-refractivity contribution is -0.128. The standard InChI is InChI=1S/C24H39F2N3O5S.ClH/c1-5-6-9-35(33,34)15-22(28-17(4)30)24(32)29-21(23(31)14-27-8-7-16(2)3)12-18-10-19(25)13-20(26)11-18;/h10-11,13,16,21-23,27,31H,5-9,12,14-15H2,1-4H3,(H,28,30)(H,29,32);1H/t21-,22+,23+;/m0./s1. The molecule has 0 spiro atoms. The van der Waals surface area contributed by atoms with Crippen LogP contribution in [0.5, 0.6) is 0 Å². The molecule has 1 aromatic rings. The van der Waals surface area contributed by atoms with Crippen LogP contribution in [0, 0.1) is 17.6 Å². The number of rotatable bonds is 16. The number of hydrogen-bond acceptors (Lipinski definition) is 6. The van der Waals surface area contributed by atoms with E-state index in [4.69, 9.17) is 0 Å². The third-order valence-corrected chi connectivity index (χ3v) is 7.10. The molecule has 208 valence electrons. The molecule has 0 radical (unpaired) electrons. The van der Waals surface area contributed by atoms with Crippen molar-refractivity contribution >= 4 is 34.1 Å². The molecule has 0 bridgehead atoms. The molecule has 0 fully saturated rings. The van der Waals surface area contributed by atoms with E-state index in [0.29, 0.717) is 25.3 Å². The van der Waals surface area contributed by atoms with Crippen LogP contribution in [0.3, 0.4) is 0 Å². The Kier molecular flexibility index (Phi) is 16.0. The lowest BCUT2D eigenvalue weighted by Crippen LogP contribution is -2.56. The van der Waals surface area contributed by atoms with Crippen LogP contribution in [-0.2, 0) is 25.8 Å². The number of hydrogen-bond donors (Lipinski definition) is 4. The van der Waals surface area contributed by atoms with Gasteiger partial charge in [-0.05, 0) is 49.4 Å². The van der Waals surface area contributed by atoms with Crippen molar-refractivity contribution in [2.45, 2.75) is 71.6 Å². The smallest absolute Gasteiger partial charge is 0.243 e. The number of nitrogens with one attached hydrogen (secondary N) is 3. The maximum atomic E-state index is 13.7. The molecule has 0 saturated heterocycles. The van der Waals surface area contributed by atoms with E-state index in [-0.39, 0.29) is 36.7 Å². The van der Waals surface area contributed by atoms with Gasteiger partial charge in [0.1, 0.15) is 17.7 Å². The summed E-state index contributed by atoms with van der Waals surface area (Å²) in [5, 5.41) is 18.8. The third kappa shape index (κ3) is 14.1. The molecule has 0 aliphatic carbocycles. The van der Waals surface area contributed by atoms with Gasteiger partial charge in [-0.1, -0.05) is 27.2 Å². The minimum absolute atomic E-state index is 0. The molecule has 8 nitrogen and oxygen atoms in total. The number of aliphatic hydroxyl groups is 1. The van der Waals surface area contributed by atoms with Gasteiger partial charge in [-0.15, -0.1) is 12.4 Å². The Labute approximate surface area is 219 Å². The Morgan fingerprint density at radius 1 is 1.08 bits per heavy atom. The molecule has 2 amide bonds. The van der Waals surface area contributed by atoms with Crippen LogP contribution in [0.25, 0.3) is 0 Å². The van der Waals surface area contributed by atoms with Gasteiger partial charge in [0.2, 0.25) is 11.8 Å². The maximum absolute atomic E-state index is 13.7. The molecule has 1 aromatic carbocycles. The normalized spacial score (nSPS) is 14.0. The van der Waals surface area contributed by atoms with Crippen molar-refractivity contribution < 1.29 is 31.9 Å². The molecule has 0 saturated carbocycles. The van der Waals surface area contributed by atoms with Gasteiger partial charge in [0, 0.05) is 19.5 Å². The molecule has 12 heteroatoms. The van der Waals surface area contributed by atoms with E-state index < -0.39 is 57.2 Å². The quantitative estimate of drug-likeness (QED) is 0.232. The molecular formula is C24H40ClF2N3O5S. The van der Waals surface area contributed by atoms with Gasteiger partial charge in [0.15, 0.2) is 9.84 Å². The predicted molar refractivity (Wildman–Crippen MR) is 139 cm³/mol. The van der Waals surface area contributed by atoms with Crippen molar-refractivity contribution in [1.29, 1.82) is 0 Å². The zero-order valence-electron chi connectivity index (χ0n) is 21.4. The van der Waals surface area contributed by atoms with E-state index in [9.17, 15) is 31.9 Å². The summed E-state index contributed by atoms with van der Waals surface area (Å²) < 4.78 is 52.3. The van der Waals surface area contributed by atoms with Crippen molar-refractivity contribution in [2.75, 3.05) is 24.6 Å². The van der Waals surface area contributed by atoms with Crippen LogP contribution in [-0.4, -0.2) is 68.1 Å². The zero-order valence-corrected chi connectivity index (χ0v) is 23.0. The second kappa shape index (κ2) is 16.8. The van der Waals surface area contributed by atoms with Crippen LogP contribution in [0.2, 0.25) is 0 Å². The molecule has 0 aromatic heterocycles. The molecule has 0 unspecified atom stereocenters. The Morgan fingerprint density at radius 2 is 1.69 bits per heavy atom. The second-order valence-corrected chi connectivity index (χ2v) is 11.5. The molecule has 0 heterocycles. The number of carbonyl (C=O) groups is 2. The Balaban J connectivity index is 0.0000122. The summed E-state index contributed by atoms with van der Waals surface area (Å²) in [6.07, 6.45) is 0.679. The fraction of sp³-hybridized carbons (Fsp3) is 0.667. The van der Waals surface area contributed by atoms with E-state index in [0.717, 1.165) is 24.6 Å². The number of unbranched alkanes of at least 4 members (excludes halogenated alkanes) is 1. The highest BCUT2D eigenvalue weighted by molar-refractivity contribution is 7.91. The topological polar surface area (TPSA) is 125 Å². The van der Waals surface area contributed by atoms with E-state index in [1.165, 1.54) is 6.92 Å². The second-order valence-electron chi connectivity index (χ2n) is 9.27. The minimum atomic E-state index is -3.64. The first-order valence-corrected chi connectivity index (χ1v) is 13.8. The van der Waals surface area contributed by atoms with E-state index in [1.54, 1.807) is 0 Å². The fourth-order valence-corrected chi connectivity index (χ4v) is 5.10. The number of sulfone groups is 1. The molecule has 0 aliphatic rings. The number of aliphatic hydroxyl groups excluding tert-OH is 1. The van der Waals surface area contributed by atoms with Crippen molar-refractivity contribution in [3.8, 4) is 0 Å². The predicted octanol–water partition coefficient (Wildman–Crippen LogP) is 2.13. The van der Waals surface area contributed by atoms with Crippen molar-refractivity contribution in [1.82, 2.24) is 16.0 Å². The summed E-state index contributed by atoms with van der Waals surface area (Å²) in [7, 11) is -3.64. The maximum Gasteiger partial charge on any atom is 0.243 e. The first-order chi connectivity index (χ1) is 16.3. The Bertz CT molecular complexity index is 914. The van der Waals surface area contributed by atoms with Gasteiger partial charge in [-0.2, -0.15) is 0 Å². The average molecular weight is 556 g/mol. The molecule has 1 rings (SSSR count). The van der Waals surface area contributed by atoms with Crippen LogP contribution in [0.15, 0.2) is 18.2 Å². The van der Waals surface area contributed by atoms with E-state index >= 15 is 0 Å². The molecule has 4 N–H and O–H groups in total. The molecule has 0 aliphatic heterocycles. The van der Waals surface area contributed by atoms with Gasteiger partial charge >= 0.3 is 0 Å².